The predicted octanol–water partition coefficient (Wildman–Crippen LogP) is 2.35. The van der Waals surface area contributed by atoms with Gasteiger partial charge in [-0.15, -0.1) is 0 Å². The number of esters is 1. The quantitative estimate of drug-likeness (QED) is 0.614. The van der Waals surface area contributed by atoms with Gasteiger partial charge in [0.2, 0.25) is 0 Å². The summed E-state index contributed by atoms with van der Waals surface area (Å²) >= 11 is 3.24. The van der Waals surface area contributed by atoms with E-state index in [1.54, 1.807) is 12.1 Å². The van der Waals surface area contributed by atoms with Crippen molar-refractivity contribution in [1.82, 2.24) is 5.32 Å². The number of hydrogen-bond donors (Lipinski definition) is 2. The van der Waals surface area contributed by atoms with Crippen molar-refractivity contribution in [2.75, 3.05) is 18.9 Å². The van der Waals surface area contributed by atoms with Gasteiger partial charge in [0, 0.05) is 16.7 Å². The van der Waals surface area contributed by atoms with Gasteiger partial charge in [-0.25, -0.2) is 4.79 Å². The maximum absolute atomic E-state index is 11.7. The minimum atomic E-state index is -0.566. The van der Waals surface area contributed by atoms with Gasteiger partial charge in [-0.1, -0.05) is 13.8 Å². The van der Waals surface area contributed by atoms with Crippen LogP contribution < -0.4 is 11.1 Å². The lowest BCUT2D eigenvalue weighted by atomic mass is 10.1. The molecular weight excluding hydrogens is 324 g/mol. The van der Waals surface area contributed by atoms with Crippen LogP contribution in [-0.4, -0.2) is 25.0 Å². The van der Waals surface area contributed by atoms with Crippen LogP contribution in [0.15, 0.2) is 22.7 Å². The number of benzene rings is 1. The molecule has 0 aromatic heterocycles. The molecule has 0 heterocycles. The summed E-state index contributed by atoms with van der Waals surface area (Å²) < 4.78 is 5.63. The molecular formula is C14H19BrN2O3. The number of nitrogens with two attached hydrogens (primary N) is 1. The number of hydrogen-bond acceptors (Lipinski definition) is 4. The van der Waals surface area contributed by atoms with E-state index in [4.69, 9.17) is 10.5 Å². The number of carbonyl (C=O) groups is 2. The van der Waals surface area contributed by atoms with Crippen molar-refractivity contribution < 1.29 is 14.3 Å². The van der Waals surface area contributed by atoms with E-state index in [1.165, 1.54) is 6.07 Å². The third-order valence-electron chi connectivity index (χ3n) is 2.61. The highest BCUT2D eigenvalue weighted by Crippen LogP contribution is 2.20. The fourth-order valence-electron chi connectivity index (χ4n) is 1.44. The molecule has 110 valence electrons. The molecule has 0 atom stereocenters. The van der Waals surface area contributed by atoms with E-state index < -0.39 is 5.97 Å². The monoisotopic (exact) mass is 342 g/mol. The van der Waals surface area contributed by atoms with E-state index in [2.05, 4.69) is 35.1 Å². The molecule has 0 bridgehead atoms. The summed E-state index contributed by atoms with van der Waals surface area (Å²) in [6.07, 6.45) is 0.892. The van der Waals surface area contributed by atoms with E-state index in [9.17, 15) is 9.59 Å². The molecule has 1 aromatic rings. The molecule has 3 N–H and O–H groups in total. The minimum absolute atomic E-state index is 0.285. The second kappa shape index (κ2) is 7.89. The molecule has 0 spiro atoms. The number of amides is 1. The zero-order valence-electron chi connectivity index (χ0n) is 11.6. The molecule has 5 nitrogen and oxygen atoms in total. The summed E-state index contributed by atoms with van der Waals surface area (Å²) in [5.41, 5.74) is 6.44. The maximum atomic E-state index is 11.7. The highest BCUT2D eigenvalue weighted by atomic mass is 79.9. The van der Waals surface area contributed by atoms with Crippen LogP contribution in [-0.2, 0) is 9.53 Å². The molecule has 1 rings (SSSR count). The van der Waals surface area contributed by atoms with E-state index in [1.807, 2.05) is 0 Å². The Balaban J connectivity index is 2.39. The fourth-order valence-corrected chi connectivity index (χ4v) is 1.68. The average Bonchev–Trinajstić information content (AvgIpc) is 2.38. The number of halogens is 1. The summed E-state index contributed by atoms with van der Waals surface area (Å²) in [6.45, 7) is 4.44. The first-order valence-corrected chi connectivity index (χ1v) is 7.18. The number of carbonyl (C=O) groups excluding carboxylic acids is 2. The standard InChI is InChI=1S/C14H19BrN2O3/c1-9(2)5-6-17-13(18)8-20-14(19)10-3-4-11(15)12(16)7-10/h3-4,7,9H,5-6,8,16H2,1-2H3,(H,17,18). The zero-order chi connectivity index (χ0) is 15.1. The van der Waals surface area contributed by atoms with E-state index in [0.717, 1.165) is 6.42 Å². The SMILES string of the molecule is CC(C)CCNC(=O)COC(=O)c1ccc(Br)c(N)c1. The average molecular weight is 343 g/mol. The molecule has 0 saturated carbocycles. The number of nitrogens with one attached hydrogen (secondary N) is 1. The molecule has 0 saturated heterocycles. The summed E-state index contributed by atoms with van der Waals surface area (Å²) in [7, 11) is 0. The van der Waals surface area contributed by atoms with Crippen LogP contribution in [0.3, 0.4) is 0 Å². The van der Waals surface area contributed by atoms with E-state index in [0.29, 0.717) is 28.2 Å². The molecule has 1 aromatic carbocycles. The van der Waals surface area contributed by atoms with Gasteiger partial charge in [-0.05, 0) is 46.5 Å². The molecule has 20 heavy (non-hydrogen) atoms. The van der Waals surface area contributed by atoms with Crippen molar-refractivity contribution >= 4 is 33.5 Å². The predicted molar refractivity (Wildman–Crippen MR) is 81.3 cm³/mol. The van der Waals surface area contributed by atoms with Crippen LogP contribution in [0.25, 0.3) is 0 Å². The number of anilines is 1. The van der Waals surface area contributed by atoms with Gasteiger partial charge in [0.05, 0.1) is 5.56 Å². The van der Waals surface area contributed by atoms with Crippen LogP contribution in [0.2, 0.25) is 0 Å². The molecule has 0 unspecified atom stereocenters. The van der Waals surface area contributed by atoms with Crippen LogP contribution in [0.4, 0.5) is 5.69 Å². The van der Waals surface area contributed by atoms with Crippen LogP contribution in [0.1, 0.15) is 30.6 Å². The van der Waals surface area contributed by atoms with Crippen molar-refractivity contribution in [1.29, 1.82) is 0 Å². The molecule has 0 aliphatic rings. The highest BCUT2D eigenvalue weighted by Gasteiger charge is 2.11. The summed E-state index contributed by atoms with van der Waals surface area (Å²) in [6, 6.07) is 4.75. The number of rotatable bonds is 6. The highest BCUT2D eigenvalue weighted by molar-refractivity contribution is 9.10. The smallest absolute Gasteiger partial charge is 0.338 e. The molecule has 0 fully saturated rings. The first-order valence-electron chi connectivity index (χ1n) is 6.39. The third kappa shape index (κ3) is 5.61. The molecule has 6 heteroatoms. The first kappa shape index (κ1) is 16.5. The lowest BCUT2D eigenvalue weighted by Gasteiger charge is -2.08. The Bertz CT molecular complexity index is 489. The molecule has 0 radical (unpaired) electrons. The van der Waals surface area contributed by atoms with Crippen molar-refractivity contribution in [3.8, 4) is 0 Å². The molecule has 0 aliphatic heterocycles. The van der Waals surface area contributed by atoms with Crippen molar-refractivity contribution in [3.63, 3.8) is 0 Å². The summed E-state index contributed by atoms with van der Waals surface area (Å²) in [5, 5.41) is 2.69. The maximum Gasteiger partial charge on any atom is 0.338 e. The summed E-state index contributed by atoms with van der Waals surface area (Å²) in [4.78, 5) is 23.2. The fraction of sp³-hybridized carbons (Fsp3) is 0.429. The van der Waals surface area contributed by atoms with Gasteiger partial charge in [0.15, 0.2) is 6.61 Å². The van der Waals surface area contributed by atoms with Crippen LogP contribution in [0.5, 0.6) is 0 Å². The van der Waals surface area contributed by atoms with E-state index >= 15 is 0 Å². The Morgan fingerprint density at radius 1 is 1.40 bits per heavy atom. The van der Waals surface area contributed by atoms with Crippen LogP contribution in [0, 0.1) is 5.92 Å². The third-order valence-corrected chi connectivity index (χ3v) is 3.33. The zero-order valence-corrected chi connectivity index (χ0v) is 13.2. The van der Waals surface area contributed by atoms with Gasteiger partial charge in [0.1, 0.15) is 0 Å². The Morgan fingerprint density at radius 3 is 2.70 bits per heavy atom. The number of nitrogen functional groups attached to an aromatic ring is 1. The Labute approximate surface area is 127 Å². The van der Waals surface area contributed by atoms with Crippen molar-refractivity contribution in [2.24, 2.45) is 5.92 Å². The van der Waals surface area contributed by atoms with Gasteiger partial charge >= 0.3 is 5.97 Å². The lowest BCUT2D eigenvalue weighted by molar-refractivity contribution is -0.124. The van der Waals surface area contributed by atoms with Crippen LogP contribution >= 0.6 is 15.9 Å². The van der Waals surface area contributed by atoms with Crippen molar-refractivity contribution in [3.05, 3.63) is 28.2 Å². The first-order chi connectivity index (χ1) is 9.40. The largest absolute Gasteiger partial charge is 0.452 e. The Kier molecular flexibility index (Phi) is 6.51. The van der Waals surface area contributed by atoms with Crippen molar-refractivity contribution in [2.45, 2.75) is 20.3 Å². The molecule has 0 aliphatic carbocycles. The second-order valence-electron chi connectivity index (χ2n) is 4.84. The Hall–Kier alpha value is -1.56. The second-order valence-corrected chi connectivity index (χ2v) is 5.70. The van der Waals surface area contributed by atoms with E-state index in [-0.39, 0.29) is 12.5 Å². The van der Waals surface area contributed by atoms with Gasteiger partial charge in [-0.3, -0.25) is 4.79 Å². The van der Waals surface area contributed by atoms with Gasteiger partial charge in [0.25, 0.3) is 5.91 Å². The van der Waals surface area contributed by atoms with Gasteiger partial charge < -0.3 is 15.8 Å². The summed E-state index contributed by atoms with van der Waals surface area (Å²) in [5.74, 6) is -0.351. The topological polar surface area (TPSA) is 81.4 Å². The lowest BCUT2D eigenvalue weighted by Crippen LogP contribution is -2.30. The number of ether oxygens (including phenoxy) is 1. The van der Waals surface area contributed by atoms with Gasteiger partial charge in [-0.2, -0.15) is 0 Å². The Morgan fingerprint density at radius 2 is 2.10 bits per heavy atom. The molecule has 1 amide bonds. The normalized spacial score (nSPS) is 10.4. The minimum Gasteiger partial charge on any atom is -0.452 e.